The normalized spacial score (nSPS) is 18.1. The molecule has 1 saturated heterocycles. The smallest absolute Gasteiger partial charge is 0.247 e. The van der Waals surface area contributed by atoms with Crippen molar-refractivity contribution >= 4 is 27.3 Å². The van der Waals surface area contributed by atoms with Gasteiger partial charge in [-0.1, -0.05) is 0 Å². The molecule has 0 saturated carbocycles. The van der Waals surface area contributed by atoms with Crippen LogP contribution in [0.5, 0.6) is 0 Å². The summed E-state index contributed by atoms with van der Waals surface area (Å²) >= 11 is 1.18. The molecule has 0 aromatic carbocycles. The molecule has 0 atom stereocenters. The first-order valence-corrected chi connectivity index (χ1v) is 10.5. The van der Waals surface area contributed by atoms with Crippen molar-refractivity contribution in [3.05, 3.63) is 17.0 Å². The number of nitrogens with zero attached hydrogens (tertiary/aromatic N) is 2. The molecule has 0 bridgehead atoms. The lowest BCUT2D eigenvalue weighted by Gasteiger charge is -2.35. The van der Waals surface area contributed by atoms with Gasteiger partial charge in [0.15, 0.2) is 5.96 Å². The minimum atomic E-state index is -3.62. The van der Waals surface area contributed by atoms with E-state index in [9.17, 15) is 8.42 Å². The van der Waals surface area contributed by atoms with E-state index in [0.717, 1.165) is 36.8 Å². The van der Waals surface area contributed by atoms with E-state index in [0.29, 0.717) is 18.6 Å². The van der Waals surface area contributed by atoms with Gasteiger partial charge in [-0.05, 0) is 38.8 Å². The van der Waals surface area contributed by atoms with E-state index in [-0.39, 0.29) is 4.21 Å². The fourth-order valence-electron chi connectivity index (χ4n) is 2.73. The molecule has 9 heteroatoms. The van der Waals surface area contributed by atoms with Gasteiger partial charge in [-0.25, -0.2) is 13.6 Å². The Bertz CT molecular complexity index is 661. The van der Waals surface area contributed by atoms with Gasteiger partial charge in [0, 0.05) is 37.1 Å². The van der Waals surface area contributed by atoms with Crippen LogP contribution in [0.2, 0.25) is 0 Å². The summed E-state index contributed by atoms with van der Waals surface area (Å²) in [6.07, 6.45) is 2.18. The van der Waals surface area contributed by atoms with Crippen molar-refractivity contribution in [3.8, 4) is 0 Å². The Kier molecular flexibility index (Phi) is 6.62. The summed E-state index contributed by atoms with van der Waals surface area (Å²) in [7, 11) is -1.88. The number of piperidine rings is 1. The molecule has 0 amide bonds. The highest BCUT2D eigenvalue weighted by molar-refractivity contribution is 7.91. The molecule has 1 fully saturated rings. The van der Waals surface area contributed by atoms with Crippen molar-refractivity contribution in [1.82, 2.24) is 15.5 Å². The van der Waals surface area contributed by atoms with Crippen molar-refractivity contribution in [3.63, 3.8) is 0 Å². The van der Waals surface area contributed by atoms with Crippen molar-refractivity contribution in [2.24, 2.45) is 10.1 Å². The lowest BCUT2D eigenvalue weighted by atomic mass is 10.0. The van der Waals surface area contributed by atoms with Crippen molar-refractivity contribution in [2.75, 3.05) is 20.1 Å². The van der Waals surface area contributed by atoms with E-state index < -0.39 is 10.0 Å². The highest BCUT2D eigenvalue weighted by Gasteiger charge is 2.21. The monoisotopic (exact) mass is 373 g/mol. The molecular formula is C15H27N5O2S2. The van der Waals surface area contributed by atoms with E-state index in [4.69, 9.17) is 5.14 Å². The number of primary sulfonamides is 1. The fourth-order valence-corrected chi connectivity index (χ4v) is 4.44. The van der Waals surface area contributed by atoms with Crippen LogP contribution < -0.4 is 15.8 Å². The summed E-state index contributed by atoms with van der Waals surface area (Å²) in [5, 5.41) is 11.8. The largest absolute Gasteiger partial charge is 0.354 e. The van der Waals surface area contributed by atoms with Gasteiger partial charge in [0.1, 0.15) is 4.21 Å². The highest BCUT2D eigenvalue weighted by Crippen LogP contribution is 2.20. The Morgan fingerprint density at radius 3 is 2.58 bits per heavy atom. The number of hydrogen-bond acceptors (Lipinski definition) is 5. The van der Waals surface area contributed by atoms with Crippen LogP contribution in [0.1, 0.15) is 31.6 Å². The van der Waals surface area contributed by atoms with Crippen LogP contribution in [0.4, 0.5) is 0 Å². The Labute approximate surface area is 148 Å². The number of likely N-dealkylation sites (tertiary alicyclic amines) is 1. The molecule has 0 spiro atoms. The maximum absolute atomic E-state index is 11.3. The number of guanidine groups is 1. The predicted octanol–water partition coefficient (Wildman–Crippen LogP) is 0.933. The zero-order valence-electron chi connectivity index (χ0n) is 14.4. The van der Waals surface area contributed by atoms with E-state index in [1.807, 2.05) is 0 Å². The fraction of sp³-hybridized carbons (Fsp3) is 0.667. The standard InChI is InChI=1S/C15H27N5O2S2/c1-11(2)20-8-6-12(7-9-20)19-15(17-3)18-10-13-4-5-14(23-13)24(16,21)22/h4-5,11-12H,6-10H2,1-3H3,(H2,16,21,22)(H2,17,18,19). The van der Waals surface area contributed by atoms with Crippen LogP contribution in [-0.2, 0) is 16.6 Å². The predicted molar refractivity (Wildman–Crippen MR) is 98.8 cm³/mol. The molecule has 0 unspecified atom stereocenters. The molecule has 1 aromatic heterocycles. The Hall–Kier alpha value is -1.16. The number of nitrogens with one attached hydrogen (secondary N) is 2. The Balaban J connectivity index is 1.82. The summed E-state index contributed by atoms with van der Waals surface area (Å²) in [5.74, 6) is 0.739. The molecule has 0 aliphatic carbocycles. The van der Waals surface area contributed by atoms with E-state index >= 15 is 0 Å². The molecule has 1 aromatic rings. The average Bonchev–Trinajstić information content (AvgIpc) is 3.01. The van der Waals surface area contributed by atoms with Crippen molar-refractivity contribution < 1.29 is 8.42 Å². The number of thiophene rings is 1. The lowest BCUT2D eigenvalue weighted by molar-refractivity contribution is 0.167. The number of hydrogen-bond donors (Lipinski definition) is 3. The van der Waals surface area contributed by atoms with Gasteiger partial charge in [-0.2, -0.15) is 0 Å². The molecule has 2 rings (SSSR count). The van der Waals surface area contributed by atoms with E-state index in [1.165, 1.54) is 17.4 Å². The van der Waals surface area contributed by atoms with Gasteiger partial charge in [0.05, 0.1) is 6.54 Å². The third-order valence-electron chi connectivity index (χ3n) is 4.17. The quantitative estimate of drug-likeness (QED) is 0.527. The third-order valence-corrected chi connectivity index (χ3v) is 6.70. The van der Waals surface area contributed by atoms with Gasteiger partial charge in [-0.15, -0.1) is 11.3 Å². The van der Waals surface area contributed by atoms with Crippen LogP contribution in [0.15, 0.2) is 21.3 Å². The van der Waals surface area contributed by atoms with Gasteiger partial charge >= 0.3 is 0 Å². The number of rotatable bonds is 5. The first-order chi connectivity index (χ1) is 11.3. The third kappa shape index (κ3) is 5.44. The summed E-state index contributed by atoms with van der Waals surface area (Å²) < 4.78 is 22.8. The maximum Gasteiger partial charge on any atom is 0.247 e. The van der Waals surface area contributed by atoms with Crippen molar-refractivity contribution in [2.45, 2.75) is 49.5 Å². The molecular weight excluding hydrogens is 346 g/mol. The van der Waals surface area contributed by atoms with E-state index in [2.05, 4.69) is 34.4 Å². The molecule has 136 valence electrons. The topological polar surface area (TPSA) is 99.8 Å². The highest BCUT2D eigenvalue weighted by atomic mass is 32.2. The summed E-state index contributed by atoms with van der Waals surface area (Å²) in [6, 6.07) is 4.31. The molecule has 1 aliphatic heterocycles. The Morgan fingerprint density at radius 2 is 2.08 bits per heavy atom. The average molecular weight is 374 g/mol. The second-order valence-electron chi connectivity index (χ2n) is 6.24. The van der Waals surface area contributed by atoms with Crippen LogP contribution >= 0.6 is 11.3 Å². The van der Waals surface area contributed by atoms with Crippen molar-refractivity contribution in [1.29, 1.82) is 0 Å². The molecule has 0 radical (unpaired) electrons. The summed E-state index contributed by atoms with van der Waals surface area (Å²) in [5.41, 5.74) is 0. The molecule has 7 nitrogen and oxygen atoms in total. The SMILES string of the molecule is CN=C(NCc1ccc(S(N)(=O)=O)s1)NC1CCN(C(C)C)CC1. The van der Waals surface area contributed by atoms with Gasteiger partial charge in [0.25, 0.3) is 0 Å². The first kappa shape index (κ1) is 19.2. The summed E-state index contributed by atoms with van der Waals surface area (Å²) in [6.45, 7) is 7.16. The van der Waals surface area contributed by atoms with Gasteiger partial charge < -0.3 is 15.5 Å². The first-order valence-electron chi connectivity index (χ1n) is 8.12. The second-order valence-corrected chi connectivity index (χ2v) is 9.20. The second kappa shape index (κ2) is 8.28. The molecule has 1 aliphatic rings. The zero-order chi connectivity index (χ0) is 17.7. The summed E-state index contributed by atoms with van der Waals surface area (Å²) in [4.78, 5) is 7.63. The molecule has 2 heterocycles. The van der Waals surface area contributed by atoms with Gasteiger partial charge in [-0.3, -0.25) is 4.99 Å². The number of nitrogens with two attached hydrogens (primary N) is 1. The number of sulfonamides is 1. The molecule has 4 N–H and O–H groups in total. The van der Waals surface area contributed by atoms with Crippen LogP contribution in [-0.4, -0.2) is 51.5 Å². The van der Waals surface area contributed by atoms with Gasteiger partial charge in [0.2, 0.25) is 10.0 Å². The minimum Gasteiger partial charge on any atom is -0.354 e. The zero-order valence-corrected chi connectivity index (χ0v) is 16.1. The minimum absolute atomic E-state index is 0.184. The lowest BCUT2D eigenvalue weighted by Crippen LogP contribution is -2.49. The van der Waals surface area contributed by atoms with E-state index in [1.54, 1.807) is 13.1 Å². The number of aliphatic imine (C=N–C) groups is 1. The molecule has 24 heavy (non-hydrogen) atoms. The Morgan fingerprint density at radius 1 is 1.42 bits per heavy atom. The maximum atomic E-state index is 11.3. The van der Waals surface area contributed by atoms with Crippen LogP contribution in [0, 0.1) is 0 Å². The van der Waals surface area contributed by atoms with Crippen LogP contribution in [0.25, 0.3) is 0 Å². The van der Waals surface area contributed by atoms with Crippen LogP contribution in [0.3, 0.4) is 0 Å².